The van der Waals surface area contributed by atoms with Crippen molar-refractivity contribution in [3.8, 4) is 5.75 Å². The summed E-state index contributed by atoms with van der Waals surface area (Å²) in [5.41, 5.74) is 0.959. The molecule has 0 aliphatic heterocycles. The molecule has 15 heavy (non-hydrogen) atoms. The summed E-state index contributed by atoms with van der Waals surface area (Å²) in [6, 6.07) is 5.38. The van der Waals surface area contributed by atoms with Crippen LogP contribution in [0.25, 0.3) is 0 Å². The molecule has 0 bridgehead atoms. The Morgan fingerprint density at radius 3 is 2.80 bits per heavy atom. The molecule has 0 heterocycles. The van der Waals surface area contributed by atoms with E-state index in [1.165, 1.54) is 0 Å². The van der Waals surface area contributed by atoms with Crippen molar-refractivity contribution < 1.29 is 9.84 Å². The third-order valence-corrected chi connectivity index (χ3v) is 2.46. The summed E-state index contributed by atoms with van der Waals surface area (Å²) in [4.78, 5) is 0. The molecule has 1 atom stereocenters. The molecule has 0 fully saturated rings. The van der Waals surface area contributed by atoms with E-state index in [9.17, 15) is 5.11 Å². The third-order valence-electron chi connectivity index (χ3n) is 2.01. The van der Waals surface area contributed by atoms with Crippen molar-refractivity contribution in [3.05, 3.63) is 28.8 Å². The lowest BCUT2D eigenvalue weighted by atomic mass is 10.2. The van der Waals surface area contributed by atoms with Crippen LogP contribution in [-0.4, -0.2) is 23.7 Å². The Morgan fingerprint density at radius 1 is 1.47 bits per heavy atom. The van der Waals surface area contributed by atoms with E-state index in [-0.39, 0.29) is 6.61 Å². The van der Waals surface area contributed by atoms with Crippen molar-refractivity contribution in [2.24, 2.45) is 0 Å². The molecular formula is C11H14Cl2O2. The van der Waals surface area contributed by atoms with Gasteiger partial charge in [-0.1, -0.05) is 11.6 Å². The van der Waals surface area contributed by atoms with Crippen LogP contribution in [-0.2, 0) is 0 Å². The van der Waals surface area contributed by atoms with Gasteiger partial charge in [0.15, 0.2) is 0 Å². The molecule has 0 aromatic heterocycles. The maximum Gasteiger partial charge on any atom is 0.122 e. The van der Waals surface area contributed by atoms with Crippen LogP contribution in [0.3, 0.4) is 0 Å². The Morgan fingerprint density at radius 2 is 2.20 bits per heavy atom. The van der Waals surface area contributed by atoms with Gasteiger partial charge in [0.2, 0.25) is 0 Å². The highest BCUT2D eigenvalue weighted by molar-refractivity contribution is 6.30. The number of aliphatic hydroxyl groups is 1. The second-order valence-electron chi connectivity index (χ2n) is 3.35. The highest BCUT2D eigenvalue weighted by atomic mass is 35.5. The average Bonchev–Trinajstić information content (AvgIpc) is 2.17. The van der Waals surface area contributed by atoms with Gasteiger partial charge < -0.3 is 9.84 Å². The Kier molecular flexibility index (Phi) is 5.23. The quantitative estimate of drug-likeness (QED) is 0.813. The van der Waals surface area contributed by atoms with Crippen molar-refractivity contribution in [2.45, 2.75) is 19.4 Å². The van der Waals surface area contributed by atoms with E-state index in [1.54, 1.807) is 12.1 Å². The van der Waals surface area contributed by atoms with Crippen LogP contribution >= 0.6 is 23.2 Å². The largest absolute Gasteiger partial charge is 0.491 e. The van der Waals surface area contributed by atoms with E-state index < -0.39 is 6.10 Å². The fourth-order valence-electron chi connectivity index (χ4n) is 1.17. The molecule has 0 amide bonds. The van der Waals surface area contributed by atoms with Crippen molar-refractivity contribution in [3.63, 3.8) is 0 Å². The van der Waals surface area contributed by atoms with Gasteiger partial charge in [-0.25, -0.2) is 0 Å². The molecule has 0 radical (unpaired) electrons. The highest BCUT2D eigenvalue weighted by Gasteiger charge is 2.06. The minimum atomic E-state index is -0.516. The SMILES string of the molecule is Cc1cc(Cl)ccc1OCC(O)CCCl. The summed E-state index contributed by atoms with van der Waals surface area (Å²) in [6.07, 6.45) is 0.0198. The van der Waals surface area contributed by atoms with Crippen LogP contribution in [0.4, 0.5) is 0 Å². The van der Waals surface area contributed by atoms with E-state index in [0.717, 1.165) is 11.3 Å². The van der Waals surface area contributed by atoms with E-state index in [1.807, 2.05) is 13.0 Å². The Balaban J connectivity index is 2.50. The summed E-state index contributed by atoms with van der Waals surface area (Å²) in [5.74, 6) is 1.18. The van der Waals surface area contributed by atoms with Gasteiger partial charge in [-0.05, 0) is 37.1 Å². The normalized spacial score (nSPS) is 12.5. The first kappa shape index (κ1) is 12.6. The second kappa shape index (κ2) is 6.21. The topological polar surface area (TPSA) is 29.5 Å². The molecular weight excluding hydrogens is 235 g/mol. The summed E-state index contributed by atoms with van der Waals surface area (Å²) in [6.45, 7) is 2.17. The van der Waals surface area contributed by atoms with Gasteiger partial charge in [-0.15, -0.1) is 11.6 Å². The average molecular weight is 249 g/mol. The van der Waals surface area contributed by atoms with Crippen LogP contribution < -0.4 is 4.74 Å². The monoisotopic (exact) mass is 248 g/mol. The van der Waals surface area contributed by atoms with E-state index in [0.29, 0.717) is 17.3 Å². The number of ether oxygens (including phenoxy) is 1. The first-order chi connectivity index (χ1) is 7.13. The fraction of sp³-hybridized carbons (Fsp3) is 0.455. The van der Waals surface area contributed by atoms with Gasteiger partial charge in [-0.2, -0.15) is 0 Å². The molecule has 0 aliphatic carbocycles. The van der Waals surface area contributed by atoms with Gasteiger partial charge in [0, 0.05) is 10.9 Å². The lowest BCUT2D eigenvalue weighted by Gasteiger charge is -2.12. The molecule has 84 valence electrons. The van der Waals surface area contributed by atoms with E-state index in [2.05, 4.69) is 0 Å². The number of alkyl halides is 1. The molecule has 1 unspecified atom stereocenters. The number of aryl methyl sites for hydroxylation is 1. The number of halogens is 2. The second-order valence-corrected chi connectivity index (χ2v) is 4.17. The summed E-state index contributed by atoms with van der Waals surface area (Å²) >= 11 is 11.3. The maximum absolute atomic E-state index is 9.42. The number of rotatable bonds is 5. The van der Waals surface area contributed by atoms with Crippen LogP contribution in [0.5, 0.6) is 5.75 Å². The first-order valence-corrected chi connectivity index (χ1v) is 5.67. The van der Waals surface area contributed by atoms with E-state index in [4.69, 9.17) is 27.9 Å². The van der Waals surface area contributed by atoms with E-state index >= 15 is 0 Å². The van der Waals surface area contributed by atoms with Crippen LogP contribution in [0, 0.1) is 6.92 Å². The third kappa shape index (κ3) is 4.29. The Labute approximate surface area is 99.8 Å². The van der Waals surface area contributed by atoms with Gasteiger partial charge in [0.25, 0.3) is 0 Å². The smallest absolute Gasteiger partial charge is 0.122 e. The summed E-state index contributed by atoms with van der Waals surface area (Å²) in [7, 11) is 0. The van der Waals surface area contributed by atoms with Crippen LogP contribution in [0.2, 0.25) is 5.02 Å². The summed E-state index contributed by atoms with van der Waals surface area (Å²) < 4.78 is 5.44. The van der Waals surface area contributed by atoms with Gasteiger partial charge >= 0.3 is 0 Å². The van der Waals surface area contributed by atoms with Gasteiger partial charge in [-0.3, -0.25) is 0 Å². The lowest BCUT2D eigenvalue weighted by Crippen LogP contribution is -2.18. The standard InChI is InChI=1S/C11H14Cl2O2/c1-8-6-9(13)2-3-11(8)15-7-10(14)4-5-12/h2-3,6,10,14H,4-5,7H2,1H3. The van der Waals surface area contributed by atoms with Crippen molar-refractivity contribution in [1.82, 2.24) is 0 Å². The Bertz CT molecular complexity index is 315. The molecule has 0 aliphatic rings. The zero-order chi connectivity index (χ0) is 11.3. The predicted molar refractivity (Wildman–Crippen MR) is 63.0 cm³/mol. The molecule has 1 rings (SSSR count). The zero-order valence-corrected chi connectivity index (χ0v) is 10.1. The number of benzene rings is 1. The van der Waals surface area contributed by atoms with Crippen molar-refractivity contribution >= 4 is 23.2 Å². The molecule has 1 aromatic carbocycles. The molecule has 0 spiro atoms. The first-order valence-electron chi connectivity index (χ1n) is 4.76. The molecule has 1 N–H and O–H groups in total. The summed E-state index contributed by atoms with van der Waals surface area (Å²) in [5, 5.41) is 10.1. The minimum absolute atomic E-state index is 0.259. The highest BCUT2D eigenvalue weighted by Crippen LogP contribution is 2.21. The fourth-order valence-corrected chi connectivity index (χ4v) is 1.65. The van der Waals surface area contributed by atoms with Crippen molar-refractivity contribution in [1.29, 1.82) is 0 Å². The number of aliphatic hydroxyl groups excluding tert-OH is 1. The Hall–Kier alpha value is -0.440. The molecule has 2 nitrogen and oxygen atoms in total. The van der Waals surface area contributed by atoms with Crippen LogP contribution in [0.1, 0.15) is 12.0 Å². The number of hydrogen-bond acceptors (Lipinski definition) is 2. The molecule has 0 saturated heterocycles. The maximum atomic E-state index is 9.42. The predicted octanol–water partition coefficient (Wildman–Crippen LogP) is 3.02. The molecule has 1 aromatic rings. The lowest BCUT2D eigenvalue weighted by molar-refractivity contribution is 0.105. The van der Waals surface area contributed by atoms with Gasteiger partial charge in [0.05, 0.1) is 6.10 Å². The zero-order valence-electron chi connectivity index (χ0n) is 8.54. The molecule has 0 saturated carbocycles. The van der Waals surface area contributed by atoms with Crippen LogP contribution in [0.15, 0.2) is 18.2 Å². The number of hydrogen-bond donors (Lipinski definition) is 1. The minimum Gasteiger partial charge on any atom is -0.491 e. The van der Waals surface area contributed by atoms with Gasteiger partial charge in [0.1, 0.15) is 12.4 Å². The molecule has 4 heteroatoms. The van der Waals surface area contributed by atoms with Crippen molar-refractivity contribution in [2.75, 3.05) is 12.5 Å².